The molecule has 1 aromatic carbocycles. The smallest absolute Gasteiger partial charge is 0.253 e. The number of carbonyl (C=O) groups is 1. The van der Waals surface area contributed by atoms with E-state index in [4.69, 9.17) is 9.47 Å². The molecule has 0 bridgehead atoms. The Bertz CT molecular complexity index is 612. The number of benzene rings is 1. The van der Waals surface area contributed by atoms with E-state index in [0.29, 0.717) is 19.1 Å². The zero-order valence-electron chi connectivity index (χ0n) is 15.1. The van der Waals surface area contributed by atoms with Crippen LogP contribution in [0.3, 0.4) is 0 Å². The van der Waals surface area contributed by atoms with Gasteiger partial charge in [-0.1, -0.05) is 0 Å². The first-order valence-corrected chi connectivity index (χ1v) is 9.43. The van der Waals surface area contributed by atoms with E-state index in [1.54, 1.807) is 7.11 Å². The van der Waals surface area contributed by atoms with Crippen LogP contribution in [0.15, 0.2) is 24.3 Å². The first kappa shape index (κ1) is 16.9. The van der Waals surface area contributed by atoms with Gasteiger partial charge < -0.3 is 19.3 Å². The van der Waals surface area contributed by atoms with Gasteiger partial charge in [0, 0.05) is 55.9 Å². The van der Waals surface area contributed by atoms with Crippen LogP contribution in [0.25, 0.3) is 0 Å². The van der Waals surface area contributed by atoms with Crippen LogP contribution < -0.4 is 4.90 Å². The van der Waals surface area contributed by atoms with Gasteiger partial charge >= 0.3 is 0 Å². The van der Waals surface area contributed by atoms with Gasteiger partial charge in [-0.25, -0.2) is 0 Å². The van der Waals surface area contributed by atoms with E-state index < -0.39 is 0 Å². The van der Waals surface area contributed by atoms with E-state index in [0.717, 1.165) is 38.3 Å². The van der Waals surface area contributed by atoms with Gasteiger partial charge in [0.05, 0.1) is 19.8 Å². The summed E-state index contributed by atoms with van der Waals surface area (Å²) in [6.07, 6.45) is 3.86. The van der Waals surface area contributed by atoms with Crippen molar-refractivity contribution >= 4 is 11.6 Å². The van der Waals surface area contributed by atoms with Crippen molar-refractivity contribution in [2.24, 2.45) is 11.3 Å². The summed E-state index contributed by atoms with van der Waals surface area (Å²) in [4.78, 5) is 17.4. The number of hydrogen-bond acceptors (Lipinski definition) is 4. The van der Waals surface area contributed by atoms with E-state index in [2.05, 4.69) is 17.0 Å². The van der Waals surface area contributed by atoms with Crippen molar-refractivity contribution in [3.63, 3.8) is 0 Å². The number of amides is 1. The summed E-state index contributed by atoms with van der Waals surface area (Å²) in [5, 5.41) is 0. The topological polar surface area (TPSA) is 42.0 Å². The van der Waals surface area contributed by atoms with Gasteiger partial charge in [-0.15, -0.1) is 0 Å². The first-order chi connectivity index (χ1) is 12.2. The standard InChI is InChI=1S/C20H28N2O3/c1-24-14-20-13-22(11-17(20)12-25-15-20)19(23)16-5-7-18(8-6-16)21-9-3-2-4-10-21/h5-8,17H,2-4,9-15H2,1H3/t17-,20-/m0/s1. The molecule has 3 aliphatic rings. The molecule has 3 saturated heterocycles. The Morgan fingerprint density at radius 1 is 1.24 bits per heavy atom. The van der Waals surface area contributed by atoms with Crippen molar-refractivity contribution < 1.29 is 14.3 Å². The summed E-state index contributed by atoms with van der Waals surface area (Å²) in [6.45, 7) is 5.86. The number of fused-ring (bicyclic) bond motifs is 1. The van der Waals surface area contributed by atoms with Gasteiger partial charge in [0.15, 0.2) is 0 Å². The number of hydrogen-bond donors (Lipinski definition) is 0. The molecule has 1 aromatic rings. The Morgan fingerprint density at radius 3 is 2.72 bits per heavy atom. The van der Waals surface area contributed by atoms with Gasteiger partial charge in [-0.05, 0) is 43.5 Å². The lowest BCUT2D eigenvalue weighted by Crippen LogP contribution is -2.37. The minimum Gasteiger partial charge on any atom is -0.384 e. The quantitative estimate of drug-likeness (QED) is 0.841. The summed E-state index contributed by atoms with van der Waals surface area (Å²) in [5.41, 5.74) is 2.01. The molecule has 0 aromatic heterocycles. The van der Waals surface area contributed by atoms with E-state index in [9.17, 15) is 4.79 Å². The third kappa shape index (κ3) is 3.15. The lowest BCUT2D eigenvalue weighted by molar-refractivity contribution is 0.0489. The number of piperidine rings is 1. The molecule has 4 rings (SSSR count). The molecule has 5 heteroatoms. The molecule has 3 aliphatic heterocycles. The highest BCUT2D eigenvalue weighted by atomic mass is 16.5. The highest BCUT2D eigenvalue weighted by Gasteiger charge is 2.51. The van der Waals surface area contributed by atoms with Crippen molar-refractivity contribution in [1.29, 1.82) is 0 Å². The molecule has 3 heterocycles. The van der Waals surface area contributed by atoms with Crippen molar-refractivity contribution in [3.8, 4) is 0 Å². The summed E-state index contributed by atoms with van der Waals surface area (Å²) in [6, 6.07) is 8.17. The normalized spacial score (nSPS) is 29.1. The zero-order chi connectivity index (χ0) is 17.3. The number of anilines is 1. The second-order valence-corrected chi connectivity index (χ2v) is 7.79. The summed E-state index contributed by atoms with van der Waals surface area (Å²) < 4.78 is 11.1. The average molecular weight is 344 g/mol. The molecule has 0 radical (unpaired) electrons. The van der Waals surface area contributed by atoms with Crippen LogP contribution >= 0.6 is 0 Å². The van der Waals surface area contributed by atoms with Crippen LogP contribution in [-0.2, 0) is 9.47 Å². The van der Waals surface area contributed by atoms with Crippen molar-refractivity contribution in [2.45, 2.75) is 19.3 Å². The lowest BCUT2D eigenvalue weighted by atomic mass is 9.82. The zero-order valence-corrected chi connectivity index (χ0v) is 15.1. The average Bonchev–Trinajstić information content (AvgIpc) is 3.19. The molecule has 3 fully saturated rings. The number of nitrogens with zero attached hydrogens (tertiary/aromatic N) is 2. The Balaban J connectivity index is 1.44. The highest BCUT2D eigenvalue weighted by molar-refractivity contribution is 5.94. The van der Waals surface area contributed by atoms with E-state index in [1.165, 1.54) is 24.9 Å². The molecule has 136 valence electrons. The van der Waals surface area contributed by atoms with Gasteiger partial charge in [-0.3, -0.25) is 4.79 Å². The lowest BCUT2D eigenvalue weighted by Gasteiger charge is -2.29. The molecule has 5 nitrogen and oxygen atoms in total. The monoisotopic (exact) mass is 344 g/mol. The number of methoxy groups -OCH3 is 1. The van der Waals surface area contributed by atoms with Crippen LogP contribution in [0.5, 0.6) is 0 Å². The van der Waals surface area contributed by atoms with Gasteiger partial charge in [-0.2, -0.15) is 0 Å². The van der Waals surface area contributed by atoms with E-state index >= 15 is 0 Å². The van der Waals surface area contributed by atoms with Crippen molar-refractivity contribution in [2.75, 3.05) is 58.0 Å². The molecule has 0 N–H and O–H groups in total. The predicted molar refractivity (Wildman–Crippen MR) is 97.0 cm³/mol. The maximum absolute atomic E-state index is 12.9. The third-order valence-corrected chi connectivity index (χ3v) is 6.08. The largest absolute Gasteiger partial charge is 0.384 e. The van der Waals surface area contributed by atoms with Crippen LogP contribution in [0.4, 0.5) is 5.69 Å². The molecule has 1 amide bonds. The Kier molecular flexibility index (Phi) is 4.69. The molecule has 0 spiro atoms. The summed E-state index contributed by atoms with van der Waals surface area (Å²) in [7, 11) is 1.73. The van der Waals surface area contributed by atoms with Crippen LogP contribution in [0.2, 0.25) is 0 Å². The number of carbonyl (C=O) groups excluding carboxylic acids is 1. The summed E-state index contributed by atoms with van der Waals surface area (Å²) >= 11 is 0. The number of ether oxygens (including phenoxy) is 2. The minimum atomic E-state index is -0.0157. The first-order valence-electron chi connectivity index (χ1n) is 9.43. The molecule has 25 heavy (non-hydrogen) atoms. The number of rotatable bonds is 4. The SMILES string of the molecule is COC[C@@]12COC[C@@H]1CN(C(=O)c1ccc(N3CCCCC3)cc1)C2. The van der Waals surface area contributed by atoms with Crippen LogP contribution in [0.1, 0.15) is 29.6 Å². The van der Waals surface area contributed by atoms with Crippen LogP contribution in [0, 0.1) is 11.3 Å². The second-order valence-electron chi connectivity index (χ2n) is 7.79. The minimum absolute atomic E-state index is 0.0157. The van der Waals surface area contributed by atoms with E-state index in [-0.39, 0.29) is 11.3 Å². The Labute approximate surface area is 149 Å². The van der Waals surface area contributed by atoms with Gasteiger partial charge in [0.1, 0.15) is 0 Å². The van der Waals surface area contributed by atoms with Gasteiger partial charge in [0.2, 0.25) is 0 Å². The van der Waals surface area contributed by atoms with Crippen molar-refractivity contribution in [3.05, 3.63) is 29.8 Å². The predicted octanol–water partition coefficient (Wildman–Crippen LogP) is 2.41. The van der Waals surface area contributed by atoms with Gasteiger partial charge in [0.25, 0.3) is 5.91 Å². The van der Waals surface area contributed by atoms with Crippen molar-refractivity contribution in [1.82, 2.24) is 4.90 Å². The maximum atomic E-state index is 12.9. The molecule has 2 atom stereocenters. The Hall–Kier alpha value is -1.59. The van der Waals surface area contributed by atoms with E-state index in [1.807, 2.05) is 17.0 Å². The molecular weight excluding hydrogens is 316 g/mol. The Morgan fingerprint density at radius 2 is 2.00 bits per heavy atom. The molecule has 0 saturated carbocycles. The molecular formula is C20H28N2O3. The molecule has 0 unspecified atom stereocenters. The third-order valence-electron chi connectivity index (χ3n) is 6.08. The fourth-order valence-electron chi connectivity index (χ4n) is 4.63. The molecule has 0 aliphatic carbocycles. The maximum Gasteiger partial charge on any atom is 0.253 e. The fourth-order valence-corrected chi connectivity index (χ4v) is 4.63. The fraction of sp³-hybridized carbons (Fsp3) is 0.650. The summed E-state index contributed by atoms with van der Waals surface area (Å²) in [5.74, 6) is 0.527. The second kappa shape index (κ2) is 6.96. The number of likely N-dealkylation sites (tertiary alicyclic amines) is 1. The van der Waals surface area contributed by atoms with Crippen LogP contribution in [-0.4, -0.2) is 63.9 Å². The highest BCUT2D eigenvalue weighted by Crippen LogP contribution is 2.41.